The highest BCUT2D eigenvalue weighted by atomic mass is 35.5. The Kier molecular flexibility index (Phi) is 6.65. The van der Waals surface area contributed by atoms with Crippen molar-refractivity contribution in [2.75, 3.05) is 26.8 Å². The Bertz CT molecular complexity index is 340. The van der Waals surface area contributed by atoms with E-state index in [4.69, 9.17) is 22.1 Å². The molecule has 0 radical (unpaired) electrons. The van der Waals surface area contributed by atoms with Gasteiger partial charge < -0.3 is 10.5 Å². The predicted molar refractivity (Wildman–Crippen MR) is 77.0 cm³/mol. The summed E-state index contributed by atoms with van der Waals surface area (Å²) in [5.41, 5.74) is 7.28. The highest BCUT2D eigenvalue weighted by molar-refractivity contribution is 6.30. The van der Waals surface area contributed by atoms with Crippen molar-refractivity contribution >= 4 is 11.6 Å². The zero-order valence-corrected chi connectivity index (χ0v) is 12.2. The summed E-state index contributed by atoms with van der Waals surface area (Å²) in [6.07, 6.45) is 0. The lowest BCUT2D eigenvalue weighted by Gasteiger charge is -2.31. The highest BCUT2D eigenvalue weighted by Gasteiger charge is 2.20. The van der Waals surface area contributed by atoms with E-state index in [1.807, 2.05) is 38.1 Å². The molecule has 2 N–H and O–H groups in total. The van der Waals surface area contributed by atoms with Crippen LogP contribution in [0.15, 0.2) is 24.3 Å². The van der Waals surface area contributed by atoms with Crippen molar-refractivity contribution in [2.45, 2.75) is 25.9 Å². The van der Waals surface area contributed by atoms with E-state index in [2.05, 4.69) is 11.9 Å². The molecular weight excluding hydrogens is 248 g/mol. The van der Waals surface area contributed by atoms with Crippen molar-refractivity contribution in [1.29, 1.82) is 0 Å². The van der Waals surface area contributed by atoms with Crippen LogP contribution in [0.4, 0.5) is 0 Å². The van der Waals surface area contributed by atoms with Crippen molar-refractivity contribution in [3.8, 4) is 0 Å². The number of nitrogens with zero attached hydrogens (tertiary/aromatic N) is 1. The van der Waals surface area contributed by atoms with Crippen LogP contribution >= 0.6 is 11.6 Å². The van der Waals surface area contributed by atoms with Gasteiger partial charge in [0.05, 0.1) is 6.61 Å². The van der Waals surface area contributed by atoms with Gasteiger partial charge in [0.25, 0.3) is 0 Å². The second-order valence-electron chi connectivity index (χ2n) is 4.53. The Hall–Kier alpha value is -0.610. The molecule has 0 heterocycles. The third kappa shape index (κ3) is 4.58. The summed E-state index contributed by atoms with van der Waals surface area (Å²) >= 11 is 5.91. The normalized spacial score (nSPS) is 14.8. The number of likely N-dealkylation sites (N-methyl/N-ethyl adjacent to an activating group) is 1. The summed E-state index contributed by atoms with van der Waals surface area (Å²) < 4.78 is 5.39. The Morgan fingerprint density at radius 1 is 1.33 bits per heavy atom. The molecule has 2 unspecified atom stereocenters. The Morgan fingerprint density at radius 2 is 1.94 bits per heavy atom. The molecule has 1 aromatic rings. The summed E-state index contributed by atoms with van der Waals surface area (Å²) in [5, 5.41) is 0.749. The van der Waals surface area contributed by atoms with Gasteiger partial charge in [-0.1, -0.05) is 23.7 Å². The molecule has 1 aromatic carbocycles. The number of rotatable bonds is 7. The fraction of sp³-hybridized carbons (Fsp3) is 0.571. The van der Waals surface area contributed by atoms with Crippen molar-refractivity contribution in [3.05, 3.63) is 34.9 Å². The van der Waals surface area contributed by atoms with E-state index in [1.165, 1.54) is 5.56 Å². The van der Waals surface area contributed by atoms with E-state index in [0.29, 0.717) is 0 Å². The van der Waals surface area contributed by atoms with Crippen molar-refractivity contribution < 1.29 is 4.74 Å². The molecule has 0 spiro atoms. The molecule has 1 rings (SSSR count). The second kappa shape index (κ2) is 7.74. The summed E-state index contributed by atoms with van der Waals surface area (Å²) in [4.78, 5) is 2.23. The minimum atomic E-state index is 0.0535. The molecule has 102 valence electrons. The minimum absolute atomic E-state index is 0.0535. The average molecular weight is 271 g/mol. The number of halogens is 1. The van der Waals surface area contributed by atoms with E-state index in [9.17, 15) is 0 Å². The number of nitrogens with two attached hydrogens (primary N) is 1. The van der Waals surface area contributed by atoms with Crippen molar-refractivity contribution in [3.63, 3.8) is 0 Å². The maximum Gasteiger partial charge on any atom is 0.0593 e. The smallest absolute Gasteiger partial charge is 0.0593 e. The van der Waals surface area contributed by atoms with Crippen LogP contribution in [-0.2, 0) is 4.74 Å². The first kappa shape index (κ1) is 15.4. The fourth-order valence-electron chi connectivity index (χ4n) is 2.11. The largest absolute Gasteiger partial charge is 0.380 e. The van der Waals surface area contributed by atoms with Crippen LogP contribution in [0.5, 0.6) is 0 Å². The Balaban J connectivity index is 2.72. The SMILES string of the molecule is CCOCCN(C)C(c1ccc(Cl)cc1)C(C)N. The first-order valence-corrected chi connectivity index (χ1v) is 6.73. The van der Waals surface area contributed by atoms with Gasteiger partial charge in [-0.15, -0.1) is 0 Å². The molecule has 0 saturated carbocycles. The van der Waals surface area contributed by atoms with Crippen LogP contribution in [0.3, 0.4) is 0 Å². The van der Waals surface area contributed by atoms with Gasteiger partial charge in [0.1, 0.15) is 0 Å². The monoisotopic (exact) mass is 270 g/mol. The van der Waals surface area contributed by atoms with Gasteiger partial charge in [-0.2, -0.15) is 0 Å². The van der Waals surface area contributed by atoms with Gasteiger partial charge in [0, 0.05) is 30.3 Å². The maximum atomic E-state index is 6.10. The topological polar surface area (TPSA) is 38.5 Å². The number of hydrogen-bond acceptors (Lipinski definition) is 3. The molecule has 0 aliphatic carbocycles. The minimum Gasteiger partial charge on any atom is -0.380 e. The summed E-state index contributed by atoms with van der Waals surface area (Å²) in [7, 11) is 2.07. The van der Waals surface area contributed by atoms with Gasteiger partial charge in [-0.3, -0.25) is 4.90 Å². The Morgan fingerprint density at radius 3 is 2.44 bits per heavy atom. The van der Waals surface area contributed by atoms with Crippen LogP contribution in [0, 0.1) is 0 Å². The van der Waals surface area contributed by atoms with E-state index >= 15 is 0 Å². The van der Waals surface area contributed by atoms with E-state index in [-0.39, 0.29) is 12.1 Å². The van der Waals surface area contributed by atoms with Crippen molar-refractivity contribution in [2.24, 2.45) is 5.73 Å². The third-order valence-corrected chi connectivity index (χ3v) is 3.23. The molecule has 0 aromatic heterocycles. The number of ether oxygens (including phenoxy) is 1. The van der Waals surface area contributed by atoms with Crippen LogP contribution < -0.4 is 5.73 Å². The first-order chi connectivity index (χ1) is 8.56. The summed E-state index contributed by atoms with van der Waals surface area (Å²) in [6.45, 7) is 6.36. The molecule has 0 saturated heterocycles. The lowest BCUT2D eigenvalue weighted by atomic mass is 10.00. The molecule has 4 heteroatoms. The maximum absolute atomic E-state index is 6.10. The zero-order valence-electron chi connectivity index (χ0n) is 11.4. The fourth-order valence-corrected chi connectivity index (χ4v) is 2.24. The van der Waals surface area contributed by atoms with Crippen LogP contribution in [0.2, 0.25) is 5.02 Å². The molecule has 18 heavy (non-hydrogen) atoms. The van der Waals surface area contributed by atoms with Gasteiger partial charge in [0.2, 0.25) is 0 Å². The average Bonchev–Trinajstić information content (AvgIpc) is 2.32. The van der Waals surface area contributed by atoms with Crippen LogP contribution in [0.25, 0.3) is 0 Å². The highest BCUT2D eigenvalue weighted by Crippen LogP contribution is 2.23. The predicted octanol–water partition coefficient (Wildman–Crippen LogP) is 2.70. The Labute approximate surface area is 115 Å². The van der Waals surface area contributed by atoms with E-state index in [1.54, 1.807) is 0 Å². The first-order valence-electron chi connectivity index (χ1n) is 6.35. The molecule has 2 atom stereocenters. The third-order valence-electron chi connectivity index (χ3n) is 2.98. The van der Waals surface area contributed by atoms with Gasteiger partial charge in [-0.05, 0) is 38.6 Å². The number of benzene rings is 1. The van der Waals surface area contributed by atoms with E-state index < -0.39 is 0 Å². The van der Waals surface area contributed by atoms with E-state index in [0.717, 1.165) is 24.8 Å². The molecule has 0 aliphatic rings. The quantitative estimate of drug-likeness (QED) is 0.775. The molecule has 0 aliphatic heterocycles. The van der Waals surface area contributed by atoms with Crippen molar-refractivity contribution in [1.82, 2.24) is 4.90 Å². The lowest BCUT2D eigenvalue weighted by Crippen LogP contribution is -2.38. The summed E-state index contributed by atoms with van der Waals surface area (Å²) in [5.74, 6) is 0. The standard InChI is InChI=1S/C14H23ClN2O/c1-4-18-10-9-17(3)14(11(2)16)12-5-7-13(15)8-6-12/h5-8,11,14H,4,9-10,16H2,1-3H3. The second-order valence-corrected chi connectivity index (χ2v) is 4.97. The molecule has 0 amide bonds. The van der Waals surface area contributed by atoms with Gasteiger partial charge >= 0.3 is 0 Å². The van der Waals surface area contributed by atoms with Gasteiger partial charge in [0.15, 0.2) is 0 Å². The summed E-state index contributed by atoms with van der Waals surface area (Å²) in [6, 6.07) is 8.12. The molecule has 0 fully saturated rings. The molecule has 0 bridgehead atoms. The van der Waals surface area contributed by atoms with Crippen LogP contribution in [0.1, 0.15) is 25.5 Å². The molecule has 3 nitrogen and oxygen atoms in total. The van der Waals surface area contributed by atoms with Crippen LogP contribution in [-0.4, -0.2) is 37.7 Å². The lowest BCUT2D eigenvalue weighted by molar-refractivity contribution is 0.102. The molecular formula is C14H23ClN2O. The van der Waals surface area contributed by atoms with Gasteiger partial charge in [-0.25, -0.2) is 0 Å². The zero-order chi connectivity index (χ0) is 13.5. The number of hydrogen-bond donors (Lipinski definition) is 1.